The molecule has 0 bridgehead atoms. The molecular weight excluding hydrogens is 270 g/mol. The Bertz CT molecular complexity index is 835. The molecule has 0 fully saturated rings. The zero-order valence-corrected chi connectivity index (χ0v) is 11.2. The Hall–Kier alpha value is -2.95. The Morgan fingerprint density at radius 3 is 2.81 bits per heavy atom. The van der Waals surface area contributed by atoms with Crippen LogP contribution in [-0.4, -0.2) is 24.3 Å². The molecule has 3 aromatic rings. The highest BCUT2D eigenvalue weighted by molar-refractivity contribution is 5.94. The highest BCUT2D eigenvalue weighted by Crippen LogP contribution is 2.26. The average Bonchev–Trinajstić information content (AvgIpc) is 2.98. The van der Waals surface area contributed by atoms with E-state index in [-0.39, 0.29) is 0 Å². The van der Waals surface area contributed by atoms with E-state index in [1.807, 2.05) is 0 Å². The minimum absolute atomic E-state index is 0.352. The minimum Gasteiger partial charge on any atom is -0.465 e. The number of para-hydroxylation sites is 1. The second-order valence-corrected chi connectivity index (χ2v) is 4.40. The van der Waals surface area contributed by atoms with Gasteiger partial charge in [-0.2, -0.15) is 0 Å². The lowest BCUT2D eigenvalue weighted by Gasteiger charge is -2.00. The first-order valence-corrected chi connectivity index (χ1v) is 6.26. The van der Waals surface area contributed by atoms with Gasteiger partial charge in [-0.1, -0.05) is 12.1 Å². The van der Waals surface area contributed by atoms with Crippen molar-refractivity contribution < 1.29 is 18.7 Å². The summed E-state index contributed by atoms with van der Waals surface area (Å²) in [4.78, 5) is 26.9. The van der Waals surface area contributed by atoms with Gasteiger partial charge < -0.3 is 9.15 Å². The van der Waals surface area contributed by atoms with E-state index in [9.17, 15) is 9.59 Å². The van der Waals surface area contributed by atoms with Gasteiger partial charge in [0.1, 0.15) is 5.52 Å². The first-order valence-electron chi connectivity index (χ1n) is 6.26. The fraction of sp³-hybridized carbons (Fsp3) is 0.0625. The Morgan fingerprint density at radius 2 is 2.05 bits per heavy atom. The lowest BCUT2D eigenvalue weighted by atomic mass is 10.1. The number of aldehydes is 1. The van der Waals surface area contributed by atoms with Gasteiger partial charge in [0.2, 0.25) is 5.89 Å². The van der Waals surface area contributed by atoms with E-state index in [2.05, 4.69) is 9.72 Å². The molecule has 1 aromatic heterocycles. The summed E-state index contributed by atoms with van der Waals surface area (Å²) in [5, 5.41) is 0. The number of rotatable bonds is 3. The second kappa shape index (κ2) is 5.20. The molecule has 0 atom stereocenters. The molecule has 5 nitrogen and oxygen atoms in total. The highest BCUT2D eigenvalue weighted by atomic mass is 16.5. The van der Waals surface area contributed by atoms with Crippen molar-refractivity contribution in [2.24, 2.45) is 0 Å². The molecule has 0 aliphatic heterocycles. The van der Waals surface area contributed by atoms with E-state index in [1.165, 1.54) is 7.11 Å². The number of esters is 1. The van der Waals surface area contributed by atoms with Crippen molar-refractivity contribution in [1.29, 1.82) is 0 Å². The third-order valence-electron chi connectivity index (χ3n) is 3.11. The van der Waals surface area contributed by atoms with Gasteiger partial charge in [-0.25, -0.2) is 9.78 Å². The number of hydrogen-bond acceptors (Lipinski definition) is 5. The normalized spacial score (nSPS) is 10.5. The topological polar surface area (TPSA) is 69.4 Å². The molecule has 0 radical (unpaired) electrons. The molecule has 3 rings (SSSR count). The van der Waals surface area contributed by atoms with Crippen LogP contribution in [0, 0.1) is 0 Å². The van der Waals surface area contributed by atoms with E-state index in [1.54, 1.807) is 42.5 Å². The smallest absolute Gasteiger partial charge is 0.337 e. The molecular formula is C16H11NO4. The van der Waals surface area contributed by atoms with Crippen molar-refractivity contribution in [3.63, 3.8) is 0 Å². The average molecular weight is 281 g/mol. The van der Waals surface area contributed by atoms with Gasteiger partial charge in [-0.15, -0.1) is 0 Å². The number of benzene rings is 2. The lowest BCUT2D eigenvalue weighted by Crippen LogP contribution is -2.00. The first-order chi connectivity index (χ1) is 10.2. The van der Waals surface area contributed by atoms with Crippen LogP contribution in [0.25, 0.3) is 22.6 Å². The number of carbonyl (C=O) groups excluding carboxylic acids is 2. The van der Waals surface area contributed by atoms with Gasteiger partial charge >= 0.3 is 5.97 Å². The standard InChI is InChI=1S/C16H11NO4/c1-20-16(19)11-5-2-4-10(8-11)15-17-14-12(9-18)6-3-7-13(14)21-15/h2-9H,1H3. The largest absolute Gasteiger partial charge is 0.465 e. The van der Waals surface area contributed by atoms with Crippen LogP contribution in [-0.2, 0) is 4.74 Å². The molecule has 0 aliphatic carbocycles. The summed E-state index contributed by atoms with van der Waals surface area (Å²) in [5.41, 5.74) is 2.55. The number of fused-ring (bicyclic) bond motifs is 1. The summed E-state index contributed by atoms with van der Waals surface area (Å²) in [5.74, 6) is -0.0772. The van der Waals surface area contributed by atoms with Gasteiger partial charge in [0.05, 0.1) is 12.7 Å². The monoisotopic (exact) mass is 281 g/mol. The number of carbonyl (C=O) groups is 2. The third kappa shape index (κ3) is 2.29. The van der Waals surface area contributed by atoms with E-state index in [0.29, 0.717) is 33.7 Å². The number of aromatic nitrogens is 1. The third-order valence-corrected chi connectivity index (χ3v) is 3.11. The Morgan fingerprint density at radius 1 is 1.24 bits per heavy atom. The predicted molar refractivity (Wildman–Crippen MR) is 76.2 cm³/mol. The quantitative estimate of drug-likeness (QED) is 0.545. The Labute approximate surface area is 120 Å². The summed E-state index contributed by atoms with van der Waals surface area (Å²) in [6.45, 7) is 0. The number of hydrogen-bond donors (Lipinski definition) is 0. The molecule has 1 heterocycles. The molecule has 2 aromatic carbocycles. The summed E-state index contributed by atoms with van der Waals surface area (Å²) in [6, 6.07) is 11.9. The Balaban J connectivity index is 2.12. The molecule has 0 N–H and O–H groups in total. The minimum atomic E-state index is -0.429. The zero-order valence-electron chi connectivity index (χ0n) is 11.2. The number of oxazole rings is 1. The van der Waals surface area contributed by atoms with Crippen LogP contribution in [0.5, 0.6) is 0 Å². The molecule has 0 aliphatic rings. The number of methoxy groups -OCH3 is 1. The van der Waals surface area contributed by atoms with E-state index in [4.69, 9.17) is 4.42 Å². The van der Waals surface area contributed by atoms with Crippen LogP contribution < -0.4 is 0 Å². The molecule has 0 saturated carbocycles. The van der Waals surface area contributed by atoms with Gasteiger partial charge in [0.25, 0.3) is 0 Å². The van der Waals surface area contributed by atoms with E-state index >= 15 is 0 Å². The van der Waals surface area contributed by atoms with Crippen molar-refractivity contribution in [3.05, 3.63) is 53.6 Å². The van der Waals surface area contributed by atoms with E-state index in [0.717, 1.165) is 6.29 Å². The molecule has 0 unspecified atom stereocenters. The van der Waals surface area contributed by atoms with Crippen molar-refractivity contribution >= 4 is 23.4 Å². The van der Waals surface area contributed by atoms with Crippen LogP contribution in [0.1, 0.15) is 20.7 Å². The Kier molecular flexibility index (Phi) is 3.23. The fourth-order valence-corrected chi connectivity index (χ4v) is 2.09. The molecule has 0 saturated heterocycles. The summed E-state index contributed by atoms with van der Waals surface area (Å²) >= 11 is 0. The van der Waals surface area contributed by atoms with Gasteiger partial charge in [-0.3, -0.25) is 4.79 Å². The SMILES string of the molecule is COC(=O)c1cccc(-c2nc3c(C=O)cccc3o2)c1. The number of nitrogens with zero attached hydrogens (tertiary/aromatic N) is 1. The predicted octanol–water partition coefficient (Wildman–Crippen LogP) is 3.09. The van der Waals surface area contributed by atoms with Crippen molar-refractivity contribution in [3.8, 4) is 11.5 Å². The number of ether oxygens (including phenoxy) is 1. The molecule has 104 valence electrons. The second-order valence-electron chi connectivity index (χ2n) is 4.40. The fourth-order valence-electron chi connectivity index (χ4n) is 2.09. The van der Waals surface area contributed by atoms with Crippen molar-refractivity contribution in [2.75, 3.05) is 7.11 Å². The van der Waals surface area contributed by atoms with Crippen LogP contribution in [0.15, 0.2) is 46.9 Å². The van der Waals surface area contributed by atoms with Crippen molar-refractivity contribution in [1.82, 2.24) is 4.98 Å². The zero-order chi connectivity index (χ0) is 14.8. The highest BCUT2D eigenvalue weighted by Gasteiger charge is 2.13. The maximum absolute atomic E-state index is 11.5. The van der Waals surface area contributed by atoms with Crippen molar-refractivity contribution in [2.45, 2.75) is 0 Å². The van der Waals surface area contributed by atoms with Gasteiger partial charge in [0, 0.05) is 11.1 Å². The summed E-state index contributed by atoms with van der Waals surface area (Å²) in [6.07, 6.45) is 0.736. The van der Waals surface area contributed by atoms with Crippen LogP contribution in [0.2, 0.25) is 0 Å². The van der Waals surface area contributed by atoms with Gasteiger partial charge in [0.15, 0.2) is 11.9 Å². The molecule has 5 heteroatoms. The maximum atomic E-state index is 11.5. The summed E-state index contributed by atoms with van der Waals surface area (Å²) in [7, 11) is 1.32. The molecule has 0 amide bonds. The molecule has 0 spiro atoms. The van der Waals surface area contributed by atoms with Crippen LogP contribution in [0.4, 0.5) is 0 Å². The maximum Gasteiger partial charge on any atom is 0.337 e. The van der Waals surface area contributed by atoms with Crippen LogP contribution >= 0.6 is 0 Å². The van der Waals surface area contributed by atoms with Gasteiger partial charge in [-0.05, 0) is 30.3 Å². The molecule has 21 heavy (non-hydrogen) atoms. The first kappa shape index (κ1) is 13.1. The van der Waals surface area contributed by atoms with Crippen LogP contribution in [0.3, 0.4) is 0 Å². The summed E-state index contributed by atoms with van der Waals surface area (Å²) < 4.78 is 10.3. The lowest BCUT2D eigenvalue weighted by molar-refractivity contribution is 0.0600. The van der Waals surface area contributed by atoms with E-state index < -0.39 is 5.97 Å².